The SMILES string of the molecule is NCC1(CC(=O)Cc2cccc(Cl)c2Cl)CCCCC1. The number of hydrogen-bond donors (Lipinski definition) is 1. The molecule has 0 amide bonds. The van der Waals surface area contributed by atoms with Crippen molar-refractivity contribution < 1.29 is 4.79 Å². The topological polar surface area (TPSA) is 43.1 Å². The van der Waals surface area contributed by atoms with Crippen molar-refractivity contribution in [3.8, 4) is 0 Å². The minimum absolute atomic E-state index is 0.0143. The van der Waals surface area contributed by atoms with Gasteiger partial charge in [-0.3, -0.25) is 4.79 Å². The first-order chi connectivity index (χ1) is 9.56. The molecule has 2 N–H and O–H groups in total. The van der Waals surface area contributed by atoms with Crippen LogP contribution >= 0.6 is 23.2 Å². The Balaban J connectivity index is 2.03. The van der Waals surface area contributed by atoms with Gasteiger partial charge in [-0.05, 0) is 36.4 Å². The molecule has 1 aromatic rings. The van der Waals surface area contributed by atoms with Crippen molar-refractivity contribution in [2.45, 2.75) is 44.9 Å². The standard InChI is InChI=1S/C16H21Cl2NO/c17-14-6-4-5-12(15(14)18)9-13(20)10-16(11-19)7-2-1-3-8-16/h4-6H,1-3,7-11,19H2. The molecule has 1 aromatic carbocycles. The van der Waals surface area contributed by atoms with Gasteiger partial charge >= 0.3 is 0 Å². The number of carbonyl (C=O) groups is 1. The molecule has 0 bridgehead atoms. The fourth-order valence-corrected chi connectivity index (χ4v) is 3.52. The van der Waals surface area contributed by atoms with Crippen molar-refractivity contribution in [2.24, 2.45) is 11.1 Å². The van der Waals surface area contributed by atoms with E-state index in [-0.39, 0.29) is 11.2 Å². The van der Waals surface area contributed by atoms with Gasteiger partial charge in [0.15, 0.2) is 0 Å². The summed E-state index contributed by atoms with van der Waals surface area (Å²) in [5.41, 5.74) is 6.76. The zero-order valence-corrected chi connectivity index (χ0v) is 13.1. The Morgan fingerprint density at radius 2 is 1.90 bits per heavy atom. The van der Waals surface area contributed by atoms with Crippen molar-refractivity contribution in [1.29, 1.82) is 0 Å². The molecule has 0 spiro atoms. The molecule has 1 saturated carbocycles. The van der Waals surface area contributed by atoms with Gasteiger partial charge in [0.05, 0.1) is 10.0 Å². The van der Waals surface area contributed by atoms with Crippen molar-refractivity contribution in [2.75, 3.05) is 6.54 Å². The highest BCUT2D eigenvalue weighted by atomic mass is 35.5. The summed E-state index contributed by atoms with van der Waals surface area (Å²) in [4.78, 5) is 12.4. The second-order valence-corrected chi connectivity index (χ2v) is 6.66. The average molecular weight is 314 g/mol. The second kappa shape index (κ2) is 6.93. The molecule has 0 atom stereocenters. The fourth-order valence-electron chi connectivity index (χ4n) is 3.13. The molecule has 2 rings (SSSR count). The molecule has 2 nitrogen and oxygen atoms in total. The van der Waals surface area contributed by atoms with E-state index >= 15 is 0 Å². The van der Waals surface area contributed by atoms with Crippen LogP contribution in [0.5, 0.6) is 0 Å². The fraction of sp³-hybridized carbons (Fsp3) is 0.562. The first kappa shape index (κ1) is 15.8. The predicted molar refractivity (Wildman–Crippen MR) is 84.4 cm³/mol. The maximum Gasteiger partial charge on any atom is 0.137 e. The maximum atomic E-state index is 12.4. The highest BCUT2D eigenvalue weighted by molar-refractivity contribution is 6.42. The van der Waals surface area contributed by atoms with Gasteiger partial charge < -0.3 is 5.73 Å². The highest BCUT2D eigenvalue weighted by Gasteiger charge is 2.32. The summed E-state index contributed by atoms with van der Waals surface area (Å²) in [5.74, 6) is 0.210. The number of rotatable bonds is 5. The number of nitrogens with two attached hydrogens (primary N) is 1. The normalized spacial score (nSPS) is 17.9. The molecule has 110 valence electrons. The van der Waals surface area contributed by atoms with Crippen molar-refractivity contribution in [3.05, 3.63) is 33.8 Å². The highest BCUT2D eigenvalue weighted by Crippen LogP contribution is 2.39. The Labute approximate surface area is 130 Å². The Morgan fingerprint density at radius 1 is 1.20 bits per heavy atom. The maximum absolute atomic E-state index is 12.4. The van der Waals surface area contributed by atoms with E-state index < -0.39 is 0 Å². The first-order valence-electron chi connectivity index (χ1n) is 7.21. The number of Topliss-reactive ketones (excluding diaryl/α,β-unsaturated/α-hetero) is 1. The molecule has 4 heteroatoms. The Morgan fingerprint density at radius 3 is 2.55 bits per heavy atom. The smallest absolute Gasteiger partial charge is 0.137 e. The summed E-state index contributed by atoms with van der Waals surface area (Å²) in [7, 11) is 0. The number of halogens is 2. The number of hydrogen-bond acceptors (Lipinski definition) is 2. The Hall–Kier alpha value is -0.570. The van der Waals surface area contributed by atoms with Crippen LogP contribution in [0, 0.1) is 5.41 Å². The molecule has 0 saturated heterocycles. The van der Waals surface area contributed by atoms with Gasteiger partial charge in [-0.25, -0.2) is 0 Å². The van der Waals surface area contributed by atoms with Crippen LogP contribution in [0.25, 0.3) is 0 Å². The van der Waals surface area contributed by atoms with Gasteiger partial charge in [-0.15, -0.1) is 0 Å². The van der Waals surface area contributed by atoms with E-state index in [9.17, 15) is 4.79 Å². The van der Waals surface area contributed by atoms with Crippen LogP contribution in [0.2, 0.25) is 10.0 Å². The van der Waals surface area contributed by atoms with Crippen LogP contribution in [0.1, 0.15) is 44.1 Å². The molecular weight excluding hydrogens is 293 g/mol. The van der Waals surface area contributed by atoms with Crippen LogP contribution in [-0.4, -0.2) is 12.3 Å². The minimum atomic E-state index is 0.0143. The monoisotopic (exact) mass is 313 g/mol. The Kier molecular flexibility index (Phi) is 5.48. The van der Waals surface area contributed by atoms with Gasteiger partial charge in [0.25, 0.3) is 0 Å². The third-order valence-corrected chi connectivity index (χ3v) is 5.20. The van der Waals surface area contributed by atoms with E-state index in [1.54, 1.807) is 6.07 Å². The summed E-state index contributed by atoms with van der Waals surface area (Å²) in [6.07, 6.45) is 6.67. The first-order valence-corrected chi connectivity index (χ1v) is 7.97. The van der Waals surface area contributed by atoms with Gasteiger partial charge in [-0.2, -0.15) is 0 Å². The predicted octanol–water partition coefficient (Wildman–Crippen LogP) is 4.40. The van der Waals surface area contributed by atoms with E-state index in [4.69, 9.17) is 28.9 Å². The quantitative estimate of drug-likeness (QED) is 0.875. The number of ketones is 1. The molecule has 0 aromatic heterocycles. The molecule has 0 radical (unpaired) electrons. The Bertz CT molecular complexity index is 481. The summed E-state index contributed by atoms with van der Waals surface area (Å²) in [6.45, 7) is 0.599. The zero-order chi connectivity index (χ0) is 14.6. The average Bonchev–Trinajstić information content (AvgIpc) is 2.45. The summed E-state index contributed by atoms with van der Waals surface area (Å²) < 4.78 is 0. The van der Waals surface area contributed by atoms with E-state index in [0.29, 0.717) is 29.4 Å². The van der Waals surface area contributed by atoms with E-state index in [2.05, 4.69) is 0 Å². The van der Waals surface area contributed by atoms with E-state index in [0.717, 1.165) is 18.4 Å². The van der Waals surface area contributed by atoms with Gasteiger partial charge in [0.2, 0.25) is 0 Å². The number of carbonyl (C=O) groups excluding carboxylic acids is 1. The van der Waals surface area contributed by atoms with Crippen LogP contribution in [0.3, 0.4) is 0 Å². The van der Waals surface area contributed by atoms with Gasteiger partial charge in [-0.1, -0.05) is 54.6 Å². The molecule has 0 aliphatic heterocycles. The lowest BCUT2D eigenvalue weighted by Crippen LogP contribution is -2.35. The molecule has 1 fully saturated rings. The summed E-state index contributed by atoms with van der Waals surface area (Å²) in [6, 6.07) is 5.43. The van der Waals surface area contributed by atoms with Crippen molar-refractivity contribution in [1.82, 2.24) is 0 Å². The largest absolute Gasteiger partial charge is 0.330 e. The molecule has 0 unspecified atom stereocenters. The summed E-state index contributed by atoms with van der Waals surface area (Å²) >= 11 is 12.1. The zero-order valence-electron chi connectivity index (χ0n) is 11.6. The second-order valence-electron chi connectivity index (χ2n) is 5.87. The third kappa shape index (κ3) is 3.75. The van der Waals surface area contributed by atoms with E-state index in [1.165, 1.54) is 19.3 Å². The van der Waals surface area contributed by atoms with Crippen LogP contribution in [-0.2, 0) is 11.2 Å². The molecule has 20 heavy (non-hydrogen) atoms. The van der Waals surface area contributed by atoms with Crippen LogP contribution in [0.4, 0.5) is 0 Å². The van der Waals surface area contributed by atoms with Crippen molar-refractivity contribution >= 4 is 29.0 Å². The minimum Gasteiger partial charge on any atom is -0.330 e. The number of benzene rings is 1. The van der Waals surface area contributed by atoms with Gasteiger partial charge in [0, 0.05) is 12.8 Å². The van der Waals surface area contributed by atoms with E-state index in [1.807, 2.05) is 12.1 Å². The molecule has 1 aliphatic rings. The molecular formula is C16H21Cl2NO. The molecule has 1 aliphatic carbocycles. The van der Waals surface area contributed by atoms with Crippen LogP contribution < -0.4 is 5.73 Å². The lowest BCUT2D eigenvalue weighted by atomic mass is 9.70. The molecule has 0 heterocycles. The van der Waals surface area contributed by atoms with Gasteiger partial charge in [0.1, 0.15) is 5.78 Å². The van der Waals surface area contributed by atoms with Crippen molar-refractivity contribution in [3.63, 3.8) is 0 Å². The third-order valence-electron chi connectivity index (χ3n) is 4.34. The van der Waals surface area contributed by atoms with Crippen LogP contribution in [0.15, 0.2) is 18.2 Å². The summed E-state index contributed by atoms with van der Waals surface area (Å²) in [5, 5.41) is 0.996. The lowest BCUT2D eigenvalue weighted by molar-refractivity contribution is -0.121. The lowest BCUT2D eigenvalue weighted by Gasteiger charge is -2.35.